The zero-order valence-corrected chi connectivity index (χ0v) is 19.8. The molecule has 0 atom stereocenters. The van der Waals surface area contributed by atoms with Crippen molar-refractivity contribution in [2.75, 3.05) is 18.0 Å². The van der Waals surface area contributed by atoms with E-state index in [0.717, 1.165) is 21.3 Å². The van der Waals surface area contributed by atoms with E-state index in [-0.39, 0.29) is 42.1 Å². The predicted molar refractivity (Wildman–Crippen MR) is 126 cm³/mol. The van der Waals surface area contributed by atoms with E-state index in [9.17, 15) is 33.1 Å². The largest absolute Gasteiger partial charge is 0.390 e. The molecule has 188 valence electrons. The summed E-state index contributed by atoms with van der Waals surface area (Å²) in [6.07, 6.45) is 3.20. The third kappa shape index (κ3) is 4.77. The van der Waals surface area contributed by atoms with E-state index in [4.69, 9.17) is 0 Å². The van der Waals surface area contributed by atoms with Gasteiger partial charge in [0.1, 0.15) is 12.4 Å². The first-order valence-corrected chi connectivity index (χ1v) is 11.3. The summed E-state index contributed by atoms with van der Waals surface area (Å²) in [5.41, 5.74) is -1.65. The van der Waals surface area contributed by atoms with Crippen molar-refractivity contribution in [2.45, 2.75) is 45.3 Å². The maximum absolute atomic E-state index is 14.0. The van der Waals surface area contributed by atoms with Gasteiger partial charge in [-0.25, -0.2) is 22.5 Å². The molecule has 4 rings (SSSR count). The molecule has 0 amide bonds. The fourth-order valence-electron chi connectivity index (χ4n) is 4.42. The van der Waals surface area contributed by atoms with Crippen LogP contribution in [0.3, 0.4) is 0 Å². The second kappa shape index (κ2) is 9.62. The summed E-state index contributed by atoms with van der Waals surface area (Å²) in [7, 11) is 0. The van der Waals surface area contributed by atoms with Gasteiger partial charge in [0.25, 0.3) is 5.56 Å². The summed E-state index contributed by atoms with van der Waals surface area (Å²) in [5.74, 6) is -4.32. The lowest BCUT2D eigenvalue weighted by molar-refractivity contribution is 0.0348. The maximum atomic E-state index is 14.0. The third-order valence-electron chi connectivity index (χ3n) is 6.32. The smallest absolute Gasteiger partial charge is 0.338 e. The van der Waals surface area contributed by atoms with Gasteiger partial charge in [0.05, 0.1) is 29.1 Å². The highest BCUT2D eigenvalue weighted by Gasteiger charge is 2.32. The number of nitriles is 1. The second-order valence-electron chi connectivity index (χ2n) is 9.22. The van der Waals surface area contributed by atoms with Crippen molar-refractivity contribution in [3.63, 3.8) is 0 Å². The Morgan fingerprint density at radius 1 is 1.11 bits per heavy atom. The molecule has 0 unspecified atom stereocenters. The van der Waals surface area contributed by atoms with Gasteiger partial charge in [0.2, 0.25) is 0 Å². The average molecular weight is 499 g/mol. The SMILES string of the molecule is Cc1cncc(-n2c(=O)c(Cc3cc(F)c(F)c(F)c3)c(N3CCC(C)(O)CC3)n(CC#N)c2=O)c1. The fourth-order valence-corrected chi connectivity index (χ4v) is 4.42. The molecule has 3 heterocycles. The second-order valence-corrected chi connectivity index (χ2v) is 9.22. The quantitative estimate of drug-likeness (QED) is 0.542. The molecule has 1 saturated heterocycles. The Hall–Kier alpha value is -3.91. The Morgan fingerprint density at radius 2 is 1.75 bits per heavy atom. The summed E-state index contributed by atoms with van der Waals surface area (Å²) in [4.78, 5) is 33.1. The number of rotatable bonds is 5. The van der Waals surface area contributed by atoms with Crippen molar-refractivity contribution in [1.82, 2.24) is 14.1 Å². The van der Waals surface area contributed by atoms with Crippen LogP contribution in [0.5, 0.6) is 0 Å². The van der Waals surface area contributed by atoms with Gasteiger partial charge in [-0.15, -0.1) is 0 Å². The topological polar surface area (TPSA) is 104 Å². The van der Waals surface area contributed by atoms with Crippen molar-refractivity contribution >= 4 is 5.82 Å². The molecule has 8 nitrogen and oxygen atoms in total. The van der Waals surface area contributed by atoms with Crippen LogP contribution in [0.15, 0.2) is 40.2 Å². The molecule has 1 aromatic carbocycles. The van der Waals surface area contributed by atoms with Crippen LogP contribution in [0.4, 0.5) is 19.0 Å². The van der Waals surface area contributed by atoms with Gasteiger partial charge < -0.3 is 10.0 Å². The van der Waals surface area contributed by atoms with E-state index in [1.54, 1.807) is 31.0 Å². The monoisotopic (exact) mass is 499 g/mol. The summed E-state index contributed by atoms with van der Waals surface area (Å²) in [6, 6.07) is 5.09. The molecule has 2 aromatic heterocycles. The van der Waals surface area contributed by atoms with Gasteiger partial charge in [0.15, 0.2) is 17.5 Å². The first kappa shape index (κ1) is 25.2. The highest BCUT2D eigenvalue weighted by Crippen LogP contribution is 2.28. The van der Waals surface area contributed by atoms with E-state index in [0.29, 0.717) is 18.4 Å². The highest BCUT2D eigenvalue weighted by molar-refractivity contribution is 5.51. The number of aliphatic hydroxyl groups is 1. The van der Waals surface area contributed by atoms with E-state index in [2.05, 4.69) is 4.98 Å². The minimum Gasteiger partial charge on any atom is -0.390 e. The Kier molecular flexibility index (Phi) is 6.73. The van der Waals surface area contributed by atoms with Crippen LogP contribution < -0.4 is 16.1 Å². The number of hydrogen-bond donors (Lipinski definition) is 1. The Morgan fingerprint density at radius 3 is 2.33 bits per heavy atom. The van der Waals surface area contributed by atoms with Crippen LogP contribution >= 0.6 is 0 Å². The first-order chi connectivity index (χ1) is 17.0. The molecular weight excluding hydrogens is 475 g/mol. The van der Waals surface area contributed by atoms with Crippen molar-refractivity contribution in [1.29, 1.82) is 5.26 Å². The van der Waals surface area contributed by atoms with Crippen molar-refractivity contribution < 1.29 is 18.3 Å². The van der Waals surface area contributed by atoms with Gasteiger partial charge in [-0.2, -0.15) is 5.26 Å². The van der Waals surface area contributed by atoms with E-state index >= 15 is 0 Å². The van der Waals surface area contributed by atoms with Crippen molar-refractivity contribution in [3.05, 3.63) is 85.6 Å². The first-order valence-electron chi connectivity index (χ1n) is 11.3. The number of nitrogens with zero attached hydrogens (tertiary/aromatic N) is 5. The summed E-state index contributed by atoms with van der Waals surface area (Å²) in [5, 5.41) is 19.9. The van der Waals surface area contributed by atoms with Crippen molar-refractivity contribution in [2.24, 2.45) is 0 Å². The molecule has 1 aliphatic rings. The Labute approximate surface area is 204 Å². The number of aryl methyl sites for hydroxylation is 1. The van der Waals surface area contributed by atoms with E-state index < -0.39 is 40.8 Å². The summed E-state index contributed by atoms with van der Waals surface area (Å²) < 4.78 is 43.6. The molecule has 0 saturated carbocycles. The molecular formula is C25H24F3N5O3. The van der Waals surface area contributed by atoms with Crippen LogP contribution in [-0.4, -0.2) is 37.9 Å². The van der Waals surface area contributed by atoms with Gasteiger partial charge in [-0.3, -0.25) is 14.3 Å². The molecule has 0 bridgehead atoms. The number of hydrogen-bond acceptors (Lipinski definition) is 6. The molecule has 3 aromatic rings. The van der Waals surface area contributed by atoms with Crippen LogP contribution in [0.2, 0.25) is 0 Å². The standard InChI is InChI=1S/C25H24F3N5O3/c1-15-9-17(14-30-13-15)33-23(34)18(10-16-11-19(26)21(28)20(27)12-16)22(32(8-5-29)24(33)35)31-6-3-25(2,36)4-7-31/h9,11-14,36H,3-4,6-8,10H2,1-2H3. The molecule has 1 fully saturated rings. The van der Waals surface area contributed by atoms with Crippen molar-refractivity contribution in [3.8, 4) is 11.8 Å². The van der Waals surface area contributed by atoms with E-state index in [1.807, 2.05) is 6.07 Å². The molecule has 1 N–H and O–H groups in total. The average Bonchev–Trinajstić information content (AvgIpc) is 2.81. The fraction of sp³-hybridized carbons (Fsp3) is 0.360. The zero-order valence-electron chi connectivity index (χ0n) is 19.8. The number of pyridine rings is 1. The van der Waals surface area contributed by atoms with Crippen LogP contribution in [-0.2, 0) is 13.0 Å². The molecule has 0 spiro atoms. The lowest BCUT2D eigenvalue weighted by Crippen LogP contribution is -2.48. The summed E-state index contributed by atoms with van der Waals surface area (Å²) in [6.45, 7) is 3.55. The predicted octanol–water partition coefficient (Wildman–Crippen LogP) is 2.59. The number of anilines is 1. The molecule has 1 aliphatic heterocycles. The zero-order chi connectivity index (χ0) is 26.2. The molecule has 0 radical (unpaired) electrons. The third-order valence-corrected chi connectivity index (χ3v) is 6.32. The highest BCUT2D eigenvalue weighted by atomic mass is 19.2. The van der Waals surface area contributed by atoms with Crippen LogP contribution in [0, 0.1) is 35.7 Å². The summed E-state index contributed by atoms with van der Waals surface area (Å²) >= 11 is 0. The van der Waals surface area contributed by atoms with Crippen LogP contribution in [0.1, 0.15) is 36.5 Å². The van der Waals surface area contributed by atoms with Gasteiger partial charge in [-0.05, 0) is 56.0 Å². The normalized spacial score (nSPS) is 15.1. The minimum atomic E-state index is -1.63. The van der Waals surface area contributed by atoms with E-state index in [1.165, 1.54) is 6.20 Å². The lowest BCUT2D eigenvalue weighted by Gasteiger charge is -2.38. The van der Waals surface area contributed by atoms with Gasteiger partial charge >= 0.3 is 5.69 Å². The Bertz CT molecular complexity index is 1460. The Balaban J connectivity index is 2.00. The molecule has 36 heavy (non-hydrogen) atoms. The number of piperidine rings is 1. The molecule has 11 heteroatoms. The number of aromatic nitrogens is 3. The number of benzene rings is 1. The number of halogens is 3. The minimum absolute atomic E-state index is 0.00157. The lowest BCUT2D eigenvalue weighted by atomic mass is 9.93. The maximum Gasteiger partial charge on any atom is 0.338 e. The van der Waals surface area contributed by atoms with Gasteiger partial charge in [0, 0.05) is 25.7 Å². The van der Waals surface area contributed by atoms with Crippen LogP contribution in [0.25, 0.3) is 5.69 Å². The van der Waals surface area contributed by atoms with Gasteiger partial charge in [-0.1, -0.05) is 0 Å². The molecule has 0 aliphatic carbocycles.